The Morgan fingerprint density at radius 3 is 2.39 bits per heavy atom. The van der Waals surface area contributed by atoms with Crippen LogP contribution in [0.5, 0.6) is 0 Å². The lowest BCUT2D eigenvalue weighted by molar-refractivity contribution is -0.759. The van der Waals surface area contributed by atoms with Crippen molar-refractivity contribution in [3.8, 4) is 0 Å². The van der Waals surface area contributed by atoms with Crippen molar-refractivity contribution in [1.29, 1.82) is 0 Å². The van der Waals surface area contributed by atoms with Crippen molar-refractivity contribution < 1.29 is 19.5 Å². The van der Waals surface area contributed by atoms with E-state index in [0.717, 1.165) is 0 Å². The molecular formula is C11H20N2O5. The highest BCUT2D eigenvalue weighted by Gasteiger charge is 2.27. The fourth-order valence-electron chi connectivity index (χ4n) is 1.77. The predicted molar refractivity (Wildman–Crippen MR) is 63.5 cm³/mol. The third kappa shape index (κ3) is 5.20. The molecule has 1 amide bonds. The van der Waals surface area contributed by atoms with Crippen LogP contribution in [0.4, 0.5) is 4.79 Å². The van der Waals surface area contributed by atoms with Gasteiger partial charge < -0.3 is 14.5 Å². The first kappa shape index (κ1) is 14.5. The number of hydrogen-bond donors (Lipinski definition) is 0. The molecule has 18 heavy (non-hydrogen) atoms. The maximum atomic E-state index is 11.8. The third-order valence-corrected chi connectivity index (χ3v) is 2.68. The summed E-state index contributed by atoms with van der Waals surface area (Å²) in [6.07, 6.45) is 1.08. The molecule has 0 unspecified atom stereocenters. The van der Waals surface area contributed by atoms with Gasteiger partial charge in [0.05, 0.1) is 6.61 Å². The molecule has 0 aromatic carbocycles. The number of hydrogen-bond acceptors (Lipinski definition) is 5. The molecule has 0 bridgehead atoms. The molecule has 7 nitrogen and oxygen atoms in total. The minimum atomic E-state index is -0.778. The van der Waals surface area contributed by atoms with Gasteiger partial charge >= 0.3 is 6.09 Å². The van der Waals surface area contributed by atoms with Crippen molar-refractivity contribution in [2.24, 2.45) is 5.92 Å². The fraction of sp³-hybridized carbons (Fsp3) is 0.909. The fourth-order valence-corrected chi connectivity index (χ4v) is 1.77. The average molecular weight is 260 g/mol. The molecule has 0 saturated carbocycles. The van der Waals surface area contributed by atoms with Crippen molar-refractivity contribution in [1.82, 2.24) is 4.90 Å². The summed E-state index contributed by atoms with van der Waals surface area (Å²) in [6.45, 7) is 6.68. The summed E-state index contributed by atoms with van der Waals surface area (Å²) in [5, 5.41) is 9.29. The lowest BCUT2D eigenvalue weighted by atomic mass is 9.98. The first-order valence-corrected chi connectivity index (χ1v) is 6.03. The zero-order valence-electron chi connectivity index (χ0n) is 11.0. The van der Waals surface area contributed by atoms with E-state index >= 15 is 0 Å². The minimum absolute atomic E-state index is 0.106. The third-order valence-electron chi connectivity index (χ3n) is 2.68. The monoisotopic (exact) mass is 260 g/mol. The van der Waals surface area contributed by atoms with Crippen LogP contribution in [0.25, 0.3) is 0 Å². The number of nitrogens with zero attached hydrogens (tertiary/aromatic N) is 2. The van der Waals surface area contributed by atoms with Gasteiger partial charge in [0.25, 0.3) is 5.09 Å². The molecule has 1 aliphatic rings. The normalized spacial score (nSPS) is 17.4. The zero-order valence-corrected chi connectivity index (χ0v) is 11.0. The number of amides is 1. The Bertz CT molecular complexity index is 305. The van der Waals surface area contributed by atoms with Crippen molar-refractivity contribution >= 4 is 6.09 Å². The van der Waals surface area contributed by atoms with E-state index in [1.54, 1.807) is 4.90 Å². The topological polar surface area (TPSA) is 81.9 Å². The van der Waals surface area contributed by atoms with Gasteiger partial charge in [-0.15, -0.1) is 10.1 Å². The maximum Gasteiger partial charge on any atom is 0.410 e. The van der Waals surface area contributed by atoms with E-state index in [1.807, 2.05) is 20.8 Å². The standard InChI is InChI=1S/C11H20N2O5/c1-11(2,3)18-10(14)12-6-4-9(5-7-12)8-17-13(15)16/h9H,4-8H2,1-3H3. The van der Waals surface area contributed by atoms with Gasteiger partial charge in [0.1, 0.15) is 5.60 Å². The molecule has 1 heterocycles. The second-order valence-electron chi connectivity index (χ2n) is 5.43. The van der Waals surface area contributed by atoms with Crippen LogP contribution in [0.15, 0.2) is 0 Å². The van der Waals surface area contributed by atoms with Gasteiger partial charge in [-0.25, -0.2) is 4.79 Å². The Morgan fingerprint density at radius 1 is 1.39 bits per heavy atom. The zero-order chi connectivity index (χ0) is 13.8. The van der Waals surface area contributed by atoms with Crippen LogP contribution in [0.2, 0.25) is 0 Å². The molecular weight excluding hydrogens is 240 g/mol. The van der Waals surface area contributed by atoms with Crippen LogP contribution in [0.1, 0.15) is 33.6 Å². The van der Waals surface area contributed by atoms with Crippen molar-refractivity contribution in [3.63, 3.8) is 0 Å². The summed E-state index contributed by atoms with van der Waals surface area (Å²) >= 11 is 0. The second-order valence-corrected chi connectivity index (χ2v) is 5.43. The van der Waals surface area contributed by atoms with Crippen LogP contribution in [-0.4, -0.2) is 41.4 Å². The molecule has 1 fully saturated rings. The molecule has 7 heteroatoms. The van der Waals surface area contributed by atoms with E-state index in [2.05, 4.69) is 4.84 Å². The van der Waals surface area contributed by atoms with Crippen molar-refractivity contribution in [2.75, 3.05) is 19.7 Å². The highest BCUT2D eigenvalue weighted by molar-refractivity contribution is 5.68. The van der Waals surface area contributed by atoms with E-state index in [0.29, 0.717) is 25.9 Å². The molecule has 0 N–H and O–H groups in total. The first-order valence-electron chi connectivity index (χ1n) is 6.03. The van der Waals surface area contributed by atoms with E-state index in [4.69, 9.17) is 4.74 Å². The second kappa shape index (κ2) is 5.88. The number of carbonyl (C=O) groups excluding carboxylic acids is 1. The molecule has 1 saturated heterocycles. The maximum absolute atomic E-state index is 11.8. The number of rotatable bonds is 3. The van der Waals surface area contributed by atoms with E-state index in [1.165, 1.54) is 0 Å². The summed E-state index contributed by atoms with van der Waals surface area (Å²) in [6, 6.07) is 0. The van der Waals surface area contributed by atoms with Crippen molar-refractivity contribution in [3.05, 3.63) is 10.1 Å². The average Bonchev–Trinajstić information content (AvgIpc) is 2.24. The van der Waals surface area contributed by atoms with Gasteiger partial charge in [-0.1, -0.05) is 0 Å². The lowest BCUT2D eigenvalue weighted by Gasteiger charge is -2.33. The number of ether oxygens (including phenoxy) is 1. The Hall–Kier alpha value is -1.53. The van der Waals surface area contributed by atoms with Gasteiger partial charge in [0.15, 0.2) is 0 Å². The van der Waals surface area contributed by atoms with Gasteiger partial charge in [-0.3, -0.25) is 0 Å². The predicted octanol–water partition coefficient (Wildman–Crippen LogP) is 1.84. The lowest BCUT2D eigenvalue weighted by Crippen LogP contribution is -2.42. The molecule has 1 aliphatic heterocycles. The molecule has 104 valence electrons. The van der Waals surface area contributed by atoms with E-state index in [-0.39, 0.29) is 18.6 Å². The van der Waals surface area contributed by atoms with Gasteiger partial charge in [-0.2, -0.15) is 0 Å². The van der Waals surface area contributed by atoms with Crippen LogP contribution in [0, 0.1) is 16.0 Å². The molecule has 0 aromatic heterocycles. The quantitative estimate of drug-likeness (QED) is 0.571. The highest BCUT2D eigenvalue weighted by atomic mass is 16.9. The van der Waals surface area contributed by atoms with Gasteiger partial charge in [0, 0.05) is 13.1 Å². The Balaban J connectivity index is 2.30. The Kier molecular flexibility index (Phi) is 4.75. The first-order chi connectivity index (χ1) is 8.28. The number of piperidine rings is 1. The number of carbonyl (C=O) groups is 1. The minimum Gasteiger partial charge on any atom is -0.444 e. The summed E-state index contributed by atoms with van der Waals surface area (Å²) in [7, 11) is 0. The molecule has 0 radical (unpaired) electrons. The molecule has 0 aliphatic carbocycles. The SMILES string of the molecule is CC(C)(C)OC(=O)N1CCC(CO[N+](=O)[O-])CC1. The van der Waals surface area contributed by atoms with Crippen molar-refractivity contribution in [2.45, 2.75) is 39.2 Å². The highest BCUT2D eigenvalue weighted by Crippen LogP contribution is 2.19. The molecule has 0 atom stereocenters. The summed E-state index contributed by atoms with van der Waals surface area (Å²) in [5.41, 5.74) is -0.497. The number of likely N-dealkylation sites (tertiary alicyclic amines) is 1. The van der Waals surface area contributed by atoms with E-state index in [9.17, 15) is 14.9 Å². The van der Waals surface area contributed by atoms with E-state index < -0.39 is 10.7 Å². The van der Waals surface area contributed by atoms with Crippen LogP contribution >= 0.6 is 0 Å². The summed E-state index contributed by atoms with van der Waals surface area (Å²) in [5.74, 6) is 0.133. The van der Waals surface area contributed by atoms with Crippen LogP contribution in [0.3, 0.4) is 0 Å². The molecule has 1 rings (SSSR count). The smallest absolute Gasteiger partial charge is 0.410 e. The molecule has 0 aromatic rings. The largest absolute Gasteiger partial charge is 0.444 e. The Morgan fingerprint density at radius 2 is 1.94 bits per heavy atom. The van der Waals surface area contributed by atoms with Crippen LogP contribution < -0.4 is 0 Å². The van der Waals surface area contributed by atoms with Gasteiger partial charge in [-0.05, 0) is 39.5 Å². The van der Waals surface area contributed by atoms with Gasteiger partial charge in [0.2, 0.25) is 0 Å². The Labute approximate surface area is 106 Å². The van der Waals surface area contributed by atoms with Crippen LogP contribution in [-0.2, 0) is 9.57 Å². The molecule has 0 spiro atoms. The summed E-state index contributed by atoms with van der Waals surface area (Å²) < 4.78 is 5.26. The summed E-state index contributed by atoms with van der Waals surface area (Å²) in [4.78, 5) is 27.8.